The maximum absolute atomic E-state index is 12.2. The van der Waals surface area contributed by atoms with Crippen molar-refractivity contribution in [3.8, 4) is 5.75 Å². The van der Waals surface area contributed by atoms with Crippen LogP contribution in [0, 0.1) is 0 Å². The number of allylic oxidation sites excluding steroid dienone is 1. The molecule has 3 aromatic rings. The van der Waals surface area contributed by atoms with Crippen molar-refractivity contribution < 1.29 is 19.4 Å². The fourth-order valence-corrected chi connectivity index (χ4v) is 3.04. The minimum atomic E-state index is -1.06. The van der Waals surface area contributed by atoms with Crippen molar-refractivity contribution in [1.29, 1.82) is 0 Å². The fraction of sp³-hybridized carbons (Fsp3) is 0.0625. The Kier molecular flexibility index (Phi) is 4.64. The zero-order chi connectivity index (χ0) is 17.1. The van der Waals surface area contributed by atoms with E-state index in [2.05, 4.69) is 4.98 Å². The van der Waals surface area contributed by atoms with E-state index in [1.54, 1.807) is 34.7 Å². The van der Waals surface area contributed by atoms with E-state index in [1.165, 1.54) is 17.4 Å². The third-order valence-corrected chi connectivity index (χ3v) is 4.18. The second kappa shape index (κ2) is 6.86. The van der Waals surface area contributed by atoms with Crippen LogP contribution in [0.3, 0.4) is 0 Å². The van der Waals surface area contributed by atoms with Gasteiger partial charge in [-0.3, -0.25) is 9.20 Å². The van der Waals surface area contributed by atoms with Crippen molar-refractivity contribution in [2.75, 3.05) is 6.61 Å². The number of ether oxygens (including phenoxy) is 1. The molecule has 0 saturated carbocycles. The number of aromatic nitrogens is 2. The number of fused-ring (bicyclic) bond motifs is 1. The van der Waals surface area contributed by atoms with Crippen LogP contribution in [0.15, 0.2) is 41.9 Å². The standard InChI is InChI=1S/C16H11ClN2O4S/c17-15-12(19-7-8-24-16(19)18-15)5-6-13(20)10-1-3-11(4-2-10)23-9-14(21)22/h1-8H,9H2,(H,21,22)/b6-5+. The normalized spacial score (nSPS) is 11.2. The van der Waals surface area contributed by atoms with Crippen molar-refractivity contribution in [2.45, 2.75) is 0 Å². The molecule has 0 atom stereocenters. The molecule has 0 fully saturated rings. The van der Waals surface area contributed by atoms with Crippen LogP contribution in [0.25, 0.3) is 11.0 Å². The van der Waals surface area contributed by atoms with Gasteiger partial charge in [0.05, 0.1) is 5.69 Å². The van der Waals surface area contributed by atoms with Gasteiger partial charge in [-0.15, -0.1) is 11.3 Å². The number of ketones is 1. The molecule has 1 N–H and O–H groups in total. The van der Waals surface area contributed by atoms with Crippen LogP contribution in [-0.2, 0) is 4.79 Å². The average molecular weight is 363 g/mol. The summed E-state index contributed by atoms with van der Waals surface area (Å²) in [6.07, 6.45) is 4.87. The smallest absolute Gasteiger partial charge is 0.341 e. The van der Waals surface area contributed by atoms with Crippen LogP contribution in [0.5, 0.6) is 5.75 Å². The van der Waals surface area contributed by atoms with Crippen molar-refractivity contribution in [1.82, 2.24) is 9.38 Å². The molecule has 0 saturated heterocycles. The lowest BCUT2D eigenvalue weighted by Crippen LogP contribution is -2.09. The summed E-state index contributed by atoms with van der Waals surface area (Å²) in [4.78, 5) is 27.6. The number of nitrogens with zero attached hydrogens (tertiary/aromatic N) is 2. The maximum Gasteiger partial charge on any atom is 0.341 e. The highest BCUT2D eigenvalue weighted by Gasteiger charge is 2.09. The molecule has 8 heteroatoms. The van der Waals surface area contributed by atoms with Gasteiger partial charge >= 0.3 is 5.97 Å². The monoisotopic (exact) mass is 362 g/mol. The van der Waals surface area contributed by atoms with Gasteiger partial charge in [0.1, 0.15) is 5.75 Å². The van der Waals surface area contributed by atoms with Crippen molar-refractivity contribution in [2.24, 2.45) is 0 Å². The number of carbonyl (C=O) groups is 2. The summed E-state index contributed by atoms with van der Waals surface area (Å²) in [5.74, 6) is -0.881. The number of thiazole rings is 1. The largest absolute Gasteiger partial charge is 0.482 e. The summed E-state index contributed by atoms with van der Waals surface area (Å²) < 4.78 is 6.82. The molecule has 1 aromatic carbocycles. The van der Waals surface area contributed by atoms with E-state index < -0.39 is 12.6 Å². The summed E-state index contributed by atoms with van der Waals surface area (Å²) in [6, 6.07) is 6.24. The number of imidazole rings is 1. The van der Waals surface area contributed by atoms with E-state index in [0.717, 1.165) is 4.96 Å². The van der Waals surface area contributed by atoms with Crippen LogP contribution in [0.4, 0.5) is 0 Å². The number of carboxylic acid groups (broad SMARTS) is 1. The van der Waals surface area contributed by atoms with Crippen LogP contribution >= 0.6 is 22.9 Å². The first-order valence-corrected chi connectivity index (χ1v) is 8.08. The van der Waals surface area contributed by atoms with Crippen LogP contribution in [0.1, 0.15) is 16.1 Å². The van der Waals surface area contributed by atoms with Crippen LogP contribution in [0.2, 0.25) is 5.15 Å². The molecule has 0 bridgehead atoms. The summed E-state index contributed by atoms with van der Waals surface area (Å²) in [5.41, 5.74) is 1.10. The molecule has 0 spiro atoms. The van der Waals surface area contributed by atoms with Crippen molar-refractivity contribution in [3.63, 3.8) is 0 Å². The van der Waals surface area contributed by atoms with E-state index in [4.69, 9.17) is 21.4 Å². The molecule has 0 aliphatic heterocycles. The van der Waals surface area contributed by atoms with Crippen LogP contribution < -0.4 is 4.74 Å². The molecular formula is C16H11ClN2O4S. The third-order valence-electron chi connectivity index (χ3n) is 3.15. The van der Waals surface area contributed by atoms with Gasteiger partial charge in [-0.1, -0.05) is 11.6 Å². The number of hydrogen-bond donors (Lipinski definition) is 1. The van der Waals surface area contributed by atoms with E-state index in [0.29, 0.717) is 22.2 Å². The van der Waals surface area contributed by atoms with Gasteiger partial charge in [-0.2, -0.15) is 0 Å². The lowest BCUT2D eigenvalue weighted by molar-refractivity contribution is -0.139. The number of aliphatic carboxylic acids is 1. The molecule has 2 heterocycles. The molecule has 3 rings (SSSR count). The second-order valence-electron chi connectivity index (χ2n) is 4.75. The van der Waals surface area contributed by atoms with E-state index in [-0.39, 0.29) is 5.78 Å². The summed E-state index contributed by atoms with van der Waals surface area (Å²) in [6.45, 7) is -0.427. The van der Waals surface area contributed by atoms with Gasteiger partial charge in [0, 0.05) is 17.1 Å². The fourth-order valence-electron chi connectivity index (χ4n) is 2.04. The average Bonchev–Trinajstić information content (AvgIpc) is 3.12. The Bertz CT molecular complexity index is 927. The first kappa shape index (κ1) is 16.2. The topological polar surface area (TPSA) is 80.9 Å². The lowest BCUT2D eigenvalue weighted by atomic mass is 10.1. The van der Waals surface area contributed by atoms with Gasteiger partial charge < -0.3 is 9.84 Å². The molecule has 0 aliphatic rings. The van der Waals surface area contributed by atoms with Gasteiger partial charge in [0.15, 0.2) is 22.5 Å². The highest BCUT2D eigenvalue weighted by Crippen LogP contribution is 2.22. The summed E-state index contributed by atoms with van der Waals surface area (Å²) in [7, 11) is 0. The lowest BCUT2D eigenvalue weighted by Gasteiger charge is -2.03. The first-order valence-electron chi connectivity index (χ1n) is 6.83. The summed E-state index contributed by atoms with van der Waals surface area (Å²) in [5, 5.41) is 10.8. The number of rotatable bonds is 6. The number of halogens is 1. The van der Waals surface area contributed by atoms with E-state index in [9.17, 15) is 9.59 Å². The Balaban J connectivity index is 1.73. The highest BCUT2D eigenvalue weighted by atomic mass is 35.5. The number of benzene rings is 1. The first-order chi connectivity index (χ1) is 11.5. The molecule has 0 radical (unpaired) electrons. The molecule has 0 aliphatic carbocycles. The second-order valence-corrected chi connectivity index (χ2v) is 5.98. The molecular weight excluding hydrogens is 352 g/mol. The Morgan fingerprint density at radius 3 is 2.79 bits per heavy atom. The Morgan fingerprint density at radius 2 is 2.08 bits per heavy atom. The van der Waals surface area contributed by atoms with Crippen molar-refractivity contribution >= 4 is 45.7 Å². The van der Waals surface area contributed by atoms with Gasteiger partial charge in [-0.25, -0.2) is 9.78 Å². The maximum atomic E-state index is 12.2. The number of carboxylic acids is 1. The quantitative estimate of drug-likeness (QED) is 0.537. The minimum absolute atomic E-state index is 0.207. The molecule has 2 aromatic heterocycles. The predicted molar refractivity (Wildman–Crippen MR) is 91.0 cm³/mol. The predicted octanol–water partition coefficient (Wildman–Crippen LogP) is 3.41. The van der Waals surface area contributed by atoms with Gasteiger partial charge in [-0.05, 0) is 36.4 Å². The van der Waals surface area contributed by atoms with E-state index >= 15 is 0 Å². The molecule has 24 heavy (non-hydrogen) atoms. The zero-order valence-electron chi connectivity index (χ0n) is 12.2. The molecule has 122 valence electrons. The Labute approximate surface area is 145 Å². The third kappa shape index (κ3) is 3.47. The SMILES string of the molecule is O=C(O)COc1ccc(C(=O)/C=C/c2c(Cl)nc3sccn23)cc1. The van der Waals surface area contributed by atoms with Gasteiger partial charge in [0.2, 0.25) is 0 Å². The minimum Gasteiger partial charge on any atom is -0.482 e. The van der Waals surface area contributed by atoms with Gasteiger partial charge in [0.25, 0.3) is 0 Å². The van der Waals surface area contributed by atoms with Crippen LogP contribution in [-0.4, -0.2) is 32.9 Å². The van der Waals surface area contributed by atoms with E-state index in [1.807, 2.05) is 11.6 Å². The molecule has 0 amide bonds. The number of hydrogen-bond acceptors (Lipinski definition) is 5. The van der Waals surface area contributed by atoms with Crippen molar-refractivity contribution in [3.05, 3.63) is 58.3 Å². The Morgan fingerprint density at radius 1 is 1.33 bits per heavy atom. The highest BCUT2D eigenvalue weighted by molar-refractivity contribution is 7.15. The zero-order valence-corrected chi connectivity index (χ0v) is 13.8. The number of carbonyl (C=O) groups excluding carboxylic acids is 1. The molecule has 6 nitrogen and oxygen atoms in total. The summed E-state index contributed by atoms with van der Waals surface area (Å²) >= 11 is 7.52. The molecule has 0 unspecified atom stereocenters. The Hall–Kier alpha value is -2.64.